The summed E-state index contributed by atoms with van der Waals surface area (Å²) >= 11 is 0. The molecule has 0 spiro atoms. The molecule has 3 aromatic rings. The van der Waals surface area contributed by atoms with Gasteiger partial charge < -0.3 is 9.63 Å². The van der Waals surface area contributed by atoms with Gasteiger partial charge in [-0.2, -0.15) is 4.98 Å². The first-order chi connectivity index (χ1) is 11.6. The third kappa shape index (κ3) is 3.79. The SMILES string of the molecule is CN(Cc1ccncn1)Cc1nc(-c2ccc(C(=O)O)cc2)no1. The van der Waals surface area contributed by atoms with E-state index in [1.807, 2.05) is 18.0 Å². The Balaban J connectivity index is 1.65. The fourth-order valence-corrected chi connectivity index (χ4v) is 2.17. The topological polar surface area (TPSA) is 105 Å². The number of carbonyl (C=O) groups is 1. The molecular weight excluding hydrogens is 310 g/mol. The lowest BCUT2D eigenvalue weighted by molar-refractivity contribution is 0.0697. The molecule has 0 amide bonds. The third-order valence-electron chi connectivity index (χ3n) is 3.34. The zero-order valence-corrected chi connectivity index (χ0v) is 13.0. The second-order valence-corrected chi connectivity index (χ2v) is 5.27. The molecule has 0 saturated heterocycles. The van der Waals surface area contributed by atoms with Crippen LogP contribution in [-0.2, 0) is 13.1 Å². The number of nitrogens with zero attached hydrogens (tertiary/aromatic N) is 5. The van der Waals surface area contributed by atoms with Crippen molar-refractivity contribution >= 4 is 5.97 Å². The van der Waals surface area contributed by atoms with Gasteiger partial charge in [0.25, 0.3) is 0 Å². The Morgan fingerprint density at radius 1 is 1.21 bits per heavy atom. The molecule has 2 aromatic heterocycles. The molecule has 1 N–H and O–H groups in total. The molecule has 24 heavy (non-hydrogen) atoms. The maximum absolute atomic E-state index is 10.9. The van der Waals surface area contributed by atoms with Gasteiger partial charge >= 0.3 is 5.97 Å². The van der Waals surface area contributed by atoms with E-state index < -0.39 is 5.97 Å². The van der Waals surface area contributed by atoms with Crippen molar-refractivity contribution < 1.29 is 14.4 Å². The van der Waals surface area contributed by atoms with Crippen molar-refractivity contribution in [1.29, 1.82) is 0 Å². The van der Waals surface area contributed by atoms with Crippen LogP contribution in [0.4, 0.5) is 0 Å². The molecular formula is C16H15N5O3. The van der Waals surface area contributed by atoms with E-state index in [0.717, 1.165) is 5.69 Å². The molecule has 0 saturated carbocycles. The van der Waals surface area contributed by atoms with Gasteiger partial charge in [0.15, 0.2) is 0 Å². The average molecular weight is 325 g/mol. The Morgan fingerprint density at radius 2 is 2.00 bits per heavy atom. The predicted molar refractivity (Wildman–Crippen MR) is 83.9 cm³/mol. The highest BCUT2D eigenvalue weighted by Gasteiger charge is 2.12. The van der Waals surface area contributed by atoms with Crippen molar-refractivity contribution in [2.45, 2.75) is 13.1 Å². The monoisotopic (exact) mass is 325 g/mol. The normalized spacial score (nSPS) is 10.9. The van der Waals surface area contributed by atoms with E-state index in [1.54, 1.807) is 18.3 Å². The van der Waals surface area contributed by atoms with Crippen LogP contribution in [0.5, 0.6) is 0 Å². The van der Waals surface area contributed by atoms with E-state index in [9.17, 15) is 4.79 Å². The van der Waals surface area contributed by atoms with E-state index in [1.165, 1.54) is 18.5 Å². The van der Waals surface area contributed by atoms with Crippen molar-refractivity contribution in [1.82, 2.24) is 25.0 Å². The molecule has 122 valence electrons. The molecule has 8 heteroatoms. The van der Waals surface area contributed by atoms with Gasteiger partial charge in [0.1, 0.15) is 6.33 Å². The highest BCUT2D eigenvalue weighted by molar-refractivity contribution is 5.88. The van der Waals surface area contributed by atoms with E-state index in [0.29, 0.717) is 30.4 Å². The van der Waals surface area contributed by atoms with Gasteiger partial charge in [-0.1, -0.05) is 17.3 Å². The summed E-state index contributed by atoms with van der Waals surface area (Å²) in [6, 6.07) is 8.18. The van der Waals surface area contributed by atoms with Gasteiger partial charge in [0.2, 0.25) is 11.7 Å². The number of rotatable bonds is 6. The Hall–Kier alpha value is -3.13. The van der Waals surface area contributed by atoms with Crippen molar-refractivity contribution in [2.75, 3.05) is 7.05 Å². The Kier molecular flexibility index (Phi) is 4.57. The zero-order chi connectivity index (χ0) is 16.9. The summed E-state index contributed by atoms with van der Waals surface area (Å²) in [7, 11) is 1.92. The largest absolute Gasteiger partial charge is 0.478 e. The van der Waals surface area contributed by atoms with Gasteiger partial charge in [-0.15, -0.1) is 0 Å². The Morgan fingerprint density at radius 3 is 2.67 bits per heavy atom. The number of carboxylic acids is 1. The fraction of sp³-hybridized carbons (Fsp3) is 0.188. The van der Waals surface area contributed by atoms with Crippen LogP contribution >= 0.6 is 0 Å². The number of aromatic nitrogens is 4. The van der Waals surface area contributed by atoms with Gasteiger partial charge in [-0.25, -0.2) is 14.8 Å². The van der Waals surface area contributed by atoms with Crippen LogP contribution in [0.1, 0.15) is 21.9 Å². The second kappa shape index (κ2) is 6.97. The molecule has 0 fully saturated rings. The summed E-state index contributed by atoms with van der Waals surface area (Å²) in [5.41, 5.74) is 1.82. The molecule has 1 aromatic carbocycles. The molecule has 2 heterocycles. The minimum absolute atomic E-state index is 0.215. The summed E-state index contributed by atoms with van der Waals surface area (Å²) in [4.78, 5) is 25.2. The van der Waals surface area contributed by atoms with E-state index in [2.05, 4.69) is 20.1 Å². The maximum atomic E-state index is 10.9. The van der Waals surface area contributed by atoms with E-state index >= 15 is 0 Å². The van der Waals surface area contributed by atoms with Crippen molar-refractivity contribution in [2.24, 2.45) is 0 Å². The first-order valence-electron chi connectivity index (χ1n) is 7.21. The number of hydrogen-bond acceptors (Lipinski definition) is 7. The van der Waals surface area contributed by atoms with Crippen LogP contribution in [0, 0.1) is 0 Å². The lowest BCUT2D eigenvalue weighted by atomic mass is 10.1. The zero-order valence-electron chi connectivity index (χ0n) is 13.0. The Bertz CT molecular complexity index is 817. The lowest BCUT2D eigenvalue weighted by Crippen LogP contribution is -2.18. The first kappa shape index (κ1) is 15.8. The summed E-state index contributed by atoms with van der Waals surface area (Å²) in [6.07, 6.45) is 3.20. The summed E-state index contributed by atoms with van der Waals surface area (Å²) < 4.78 is 5.25. The molecule has 0 bridgehead atoms. The minimum atomic E-state index is -0.971. The minimum Gasteiger partial charge on any atom is -0.478 e. The Labute approximate surface area is 137 Å². The molecule has 0 unspecified atom stereocenters. The number of benzene rings is 1. The van der Waals surface area contributed by atoms with Crippen LogP contribution in [0.25, 0.3) is 11.4 Å². The molecule has 0 aliphatic carbocycles. The fourth-order valence-electron chi connectivity index (χ4n) is 2.17. The van der Waals surface area contributed by atoms with Gasteiger partial charge in [0, 0.05) is 18.3 Å². The number of hydrogen-bond donors (Lipinski definition) is 1. The third-order valence-corrected chi connectivity index (χ3v) is 3.34. The summed E-state index contributed by atoms with van der Waals surface area (Å²) in [5, 5.41) is 12.8. The molecule has 0 atom stereocenters. The molecule has 0 radical (unpaired) electrons. The predicted octanol–water partition coefficient (Wildman–Crippen LogP) is 1.86. The highest BCUT2D eigenvalue weighted by atomic mass is 16.5. The van der Waals surface area contributed by atoms with Crippen LogP contribution in [0.15, 0.2) is 47.4 Å². The number of carboxylic acid groups (broad SMARTS) is 1. The van der Waals surface area contributed by atoms with Gasteiger partial charge in [-0.05, 0) is 25.2 Å². The summed E-state index contributed by atoms with van der Waals surface area (Å²) in [6.45, 7) is 1.11. The van der Waals surface area contributed by atoms with Crippen LogP contribution in [0.2, 0.25) is 0 Å². The molecule has 3 rings (SSSR count). The van der Waals surface area contributed by atoms with E-state index in [4.69, 9.17) is 9.63 Å². The van der Waals surface area contributed by atoms with Crippen molar-refractivity contribution in [3.05, 3.63) is 60.0 Å². The second-order valence-electron chi connectivity index (χ2n) is 5.27. The highest BCUT2D eigenvalue weighted by Crippen LogP contribution is 2.17. The van der Waals surface area contributed by atoms with E-state index in [-0.39, 0.29) is 5.56 Å². The maximum Gasteiger partial charge on any atom is 0.335 e. The van der Waals surface area contributed by atoms with Crippen LogP contribution in [-0.4, -0.2) is 43.1 Å². The average Bonchev–Trinajstić information content (AvgIpc) is 3.04. The van der Waals surface area contributed by atoms with Crippen LogP contribution < -0.4 is 0 Å². The first-order valence-corrected chi connectivity index (χ1v) is 7.21. The van der Waals surface area contributed by atoms with Crippen molar-refractivity contribution in [3.63, 3.8) is 0 Å². The standard InChI is InChI=1S/C16H15N5O3/c1-21(8-13-6-7-17-10-18-13)9-14-19-15(20-24-14)11-2-4-12(5-3-11)16(22)23/h2-7,10H,8-9H2,1H3,(H,22,23). The lowest BCUT2D eigenvalue weighted by Gasteiger charge is -2.12. The van der Waals surface area contributed by atoms with Crippen LogP contribution in [0.3, 0.4) is 0 Å². The van der Waals surface area contributed by atoms with Gasteiger partial charge in [0.05, 0.1) is 17.8 Å². The van der Waals surface area contributed by atoms with Crippen molar-refractivity contribution in [3.8, 4) is 11.4 Å². The molecule has 0 aliphatic heterocycles. The number of aromatic carboxylic acids is 1. The summed E-state index contributed by atoms with van der Waals surface area (Å²) in [5.74, 6) is -0.0667. The van der Waals surface area contributed by atoms with Gasteiger partial charge in [-0.3, -0.25) is 4.90 Å². The smallest absolute Gasteiger partial charge is 0.335 e. The molecule has 8 nitrogen and oxygen atoms in total. The molecule has 0 aliphatic rings. The quantitative estimate of drug-likeness (QED) is 0.732.